The van der Waals surface area contributed by atoms with E-state index in [0.717, 1.165) is 0 Å². The van der Waals surface area contributed by atoms with Gasteiger partial charge in [-0.3, -0.25) is 4.79 Å². The summed E-state index contributed by atoms with van der Waals surface area (Å²) in [6.45, 7) is 5.75. The number of nitrogens with one attached hydrogen (secondary N) is 1. The highest BCUT2D eigenvalue weighted by atomic mass is 16.5. The predicted octanol–water partition coefficient (Wildman–Crippen LogP) is 4.83. The molecular formula is C23H23NO5. The minimum Gasteiger partial charge on any atom is -0.492 e. The number of esters is 1. The summed E-state index contributed by atoms with van der Waals surface area (Å²) in [5.41, 5.74) is 1.36. The Labute approximate surface area is 169 Å². The van der Waals surface area contributed by atoms with Crippen LogP contribution in [0, 0.1) is 13.8 Å². The first-order valence-electron chi connectivity index (χ1n) is 9.35. The van der Waals surface area contributed by atoms with Crippen molar-refractivity contribution in [3.8, 4) is 5.75 Å². The molecule has 0 radical (unpaired) electrons. The number of hydrogen-bond donors (Lipinski definition) is 1. The predicted molar refractivity (Wildman–Crippen MR) is 109 cm³/mol. The number of para-hydroxylation sites is 2. The molecule has 0 unspecified atom stereocenters. The van der Waals surface area contributed by atoms with Crippen molar-refractivity contribution in [2.24, 2.45) is 0 Å². The lowest BCUT2D eigenvalue weighted by atomic mass is 10.1. The van der Waals surface area contributed by atoms with Crippen LogP contribution in [0.3, 0.4) is 0 Å². The monoisotopic (exact) mass is 393 g/mol. The molecular weight excluding hydrogens is 370 g/mol. The van der Waals surface area contributed by atoms with Crippen LogP contribution in [-0.4, -0.2) is 18.5 Å². The van der Waals surface area contributed by atoms with Gasteiger partial charge in [0.1, 0.15) is 22.8 Å². The van der Waals surface area contributed by atoms with Gasteiger partial charge in [0.15, 0.2) is 0 Å². The fourth-order valence-corrected chi connectivity index (χ4v) is 2.95. The van der Waals surface area contributed by atoms with Crippen molar-refractivity contribution >= 4 is 17.6 Å². The Bertz CT molecular complexity index is 994. The summed E-state index contributed by atoms with van der Waals surface area (Å²) in [7, 11) is 0. The molecule has 1 aromatic heterocycles. The number of benzene rings is 2. The molecule has 0 bridgehead atoms. The number of furan rings is 1. The third kappa shape index (κ3) is 4.85. The van der Waals surface area contributed by atoms with Gasteiger partial charge in [0.2, 0.25) is 6.10 Å². The van der Waals surface area contributed by atoms with Crippen molar-refractivity contribution < 1.29 is 23.5 Å². The first-order chi connectivity index (χ1) is 14.0. The highest BCUT2D eigenvalue weighted by molar-refractivity contribution is 5.99. The molecule has 0 saturated carbocycles. The molecule has 1 heterocycles. The van der Waals surface area contributed by atoms with E-state index in [9.17, 15) is 9.59 Å². The molecule has 29 heavy (non-hydrogen) atoms. The van der Waals surface area contributed by atoms with Crippen LogP contribution in [0.5, 0.6) is 5.75 Å². The van der Waals surface area contributed by atoms with Crippen LogP contribution in [0.2, 0.25) is 0 Å². The molecule has 0 spiro atoms. The van der Waals surface area contributed by atoms with Gasteiger partial charge in [-0.05, 0) is 39.0 Å². The normalized spacial score (nSPS) is 11.6. The lowest BCUT2D eigenvalue weighted by molar-refractivity contribution is -0.125. The number of aryl methyl sites for hydroxylation is 2. The van der Waals surface area contributed by atoms with E-state index >= 15 is 0 Å². The first kappa shape index (κ1) is 20.2. The SMILES string of the molecule is CCOc1ccccc1NC(=O)[C@@H](OC(=O)c1cc(C)oc1C)c1ccccc1. The number of hydrogen-bond acceptors (Lipinski definition) is 5. The Balaban J connectivity index is 1.87. The van der Waals surface area contributed by atoms with E-state index in [4.69, 9.17) is 13.9 Å². The summed E-state index contributed by atoms with van der Waals surface area (Å²) in [6.07, 6.45) is -1.13. The number of carbonyl (C=O) groups is 2. The van der Waals surface area contributed by atoms with Gasteiger partial charge in [0, 0.05) is 5.56 Å². The van der Waals surface area contributed by atoms with E-state index in [0.29, 0.717) is 40.7 Å². The van der Waals surface area contributed by atoms with Gasteiger partial charge in [-0.1, -0.05) is 42.5 Å². The number of anilines is 1. The molecule has 3 rings (SSSR count). The molecule has 150 valence electrons. The van der Waals surface area contributed by atoms with Gasteiger partial charge in [-0.25, -0.2) is 4.79 Å². The highest BCUT2D eigenvalue weighted by Gasteiger charge is 2.28. The summed E-state index contributed by atoms with van der Waals surface area (Å²) in [6, 6.07) is 17.6. The van der Waals surface area contributed by atoms with Crippen LogP contribution in [0.25, 0.3) is 0 Å². The fourth-order valence-electron chi connectivity index (χ4n) is 2.95. The maximum absolute atomic E-state index is 13.1. The summed E-state index contributed by atoms with van der Waals surface area (Å²) in [4.78, 5) is 25.8. The van der Waals surface area contributed by atoms with Crippen molar-refractivity contribution in [3.63, 3.8) is 0 Å². The molecule has 1 atom stereocenters. The number of ether oxygens (including phenoxy) is 2. The second-order valence-electron chi connectivity index (χ2n) is 6.44. The van der Waals surface area contributed by atoms with Crippen LogP contribution >= 0.6 is 0 Å². The van der Waals surface area contributed by atoms with E-state index in [2.05, 4.69) is 5.32 Å². The van der Waals surface area contributed by atoms with Gasteiger partial charge in [0.05, 0.1) is 12.3 Å². The zero-order valence-electron chi connectivity index (χ0n) is 16.6. The van der Waals surface area contributed by atoms with Crippen LogP contribution in [-0.2, 0) is 9.53 Å². The fraction of sp³-hybridized carbons (Fsp3) is 0.217. The van der Waals surface area contributed by atoms with E-state index < -0.39 is 18.0 Å². The summed E-state index contributed by atoms with van der Waals surface area (Å²) < 4.78 is 16.6. The van der Waals surface area contributed by atoms with Crippen LogP contribution < -0.4 is 10.1 Å². The van der Waals surface area contributed by atoms with E-state index in [1.54, 1.807) is 62.4 Å². The average molecular weight is 393 g/mol. The van der Waals surface area contributed by atoms with E-state index in [1.165, 1.54) is 0 Å². The number of carbonyl (C=O) groups excluding carboxylic acids is 2. The van der Waals surface area contributed by atoms with Gasteiger partial charge in [-0.15, -0.1) is 0 Å². The smallest absolute Gasteiger partial charge is 0.342 e. The first-order valence-corrected chi connectivity index (χ1v) is 9.35. The van der Waals surface area contributed by atoms with Crippen molar-refractivity contribution in [3.05, 3.63) is 83.3 Å². The van der Waals surface area contributed by atoms with Crippen molar-refractivity contribution in [1.82, 2.24) is 0 Å². The zero-order chi connectivity index (χ0) is 20.8. The van der Waals surface area contributed by atoms with Crippen molar-refractivity contribution in [2.75, 3.05) is 11.9 Å². The Morgan fingerprint density at radius 1 is 1.03 bits per heavy atom. The van der Waals surface area contributed by atoms with Gasteiger partial charge < -0.3 is 19.2 Å². The lowest BCUT2D eigenvalue weighted by Crippen LogP contribution is -2.26. The summed E-state index contributed by atoms with van der Waals surface area (Å²) in [5.74, 6) is 0.487. The zero-order valence-corrected chi connectivity index (χ0v) is 16.6. The Morgan fingerprint density at radius 3 is 2.38 bits per heavy atom. The standard InChI is InChI=1S/C23H23NO5/c1-4-27-20-13-9-8-12-19(20)24-22(25)21(17-10-6-5-7-11-17)29-23(26)18-14-15(2)28-16(18)3/h5-14,21H,4H2,1-3H3,(H,24,25)/t21-/m0/s1. The minimum atomic E-state index is -1.13. The number of amides is 1. The van der Waals surface area contributed by atoms with Crippen LogP contribution in [0.15, 0.2) is 65.1 Å². The van der Waals surface area contributed by atoms with Crippen molar-refractivity contribution in [2.45, 2.75) is 26.9 Å². The molecule has 0 aliphatic heterocycles. The van der Waals surface area contributed by atoms with Gasteiger partial charge >= 0.3 is 5.97 Å². The largest absolute Gasteiger partial charge is 0.492 e. The maximum Gasteiger partial charge on any atom is 0.342 e. The molecule has 1 N–H and O–H groups in total. The van der Waals surface area contributed by atoms with Gasteiger partial charge in [0.25, 0.3) is 5.91 Å². The van der Waals surface area contributed by atoms with E-state index in [1.807, 2.05) is 19.1 Å². The summed E-state index contributed by atoms with van der Waals surface area (Å²) in [5, 5.41) is 2.81. The molecule has 0 saturated heterocycles. The second-order valence-corrected chi connectivity index (χ2v) is 6.44. The number of rotatable bonds is 7. The summed E-state index contributed by atoms with van der Waals surface area (Å²) >= 11 is 0. The van der Waals surface area contributed by atoms with Gasteiger partial charge in [-0.2, -0.15) is 0 Å². The third-order valence-corrected chi connectivity index (χ3v) is 4.27. The molecule has 0 fully saturated rings. The quantitative estimate of drug-likeness (QED) is 0.582. The topological polar surface area (TPSA) is 77.8 Å². The van der Waals surface area contributed by atoms with E-state index in [-0.39, 0.29) is 0 Å². The van der Waals surface area contributed by atoms with Crippen molar-refractivity contribution in [1.29, 1.82) is 0 Å². The van der Waals surface area contributed by atoms with Crippen LogP contribution in [0.1, 0.15) is 40.5 Å². The highest BCUT2D eigenvalue weighted by Crippen LogP contribution is 2.27. The maximum atomic E-state index is 13.1. The Kier molecular flexibility index (Phi) is 6.34. The second kappa shape index (κ2) is 9.10. The molecule has 0 aliphatic rings. The molecule has 1 amide bonds. The lowest BCUT2D eigenvalue weighted by Gasteiger charge is -2.19. The molecule has 6 nitrogen and oxygen atoms in total. The molecule has 0 aliphatic carbocycles. The molecule has 6 heteroatoms. The average Bonchev–Trinajstić information content (AvgIpc) is 3.06. The Morgan fingerprint density at radius 2 is 1.72 bits per heavy atom. The van der Waals surface area contributed by atoms with Crippen LogP contribution in [0.4, 0.5) is 5.69 Å². The minimum absolute atomic E-state index is 0.297. The molecule has 2 aromatic carbocycles. The third-order valence-electron chi connectivity index (χ3n) is 4.27. The molecule has 3 aromatic rings. The Hall–Kier alpha value is -3.54.